The molecule has 0 aromatic heterocycles. The highest BCUT2D eigenvalue weighted by Crippen LogP contribution is 2.75. The standard InChI is InChI=1S/C61H98O29/c1-23-37(65)41(69)45(73)53(84-23)85-47-32(21-81-25(3)62)88-60(79,50(77)46(47)74)83-22-31-40(68)43(71)49(76)61(80,87-31)90-52(78)27-18-54(4,5)17-26-28-11-12-34-56(8)15-14-35(55(6,7)33(56)13-16-57(34,9)58(28,10)19-29(63)36(26)27)89-59(48(75)42(70)38(66)24(2)86-59)51-44(72)39(67)30(64)20-82-51/h11,23-24,26-27,29-51,53,63-77,79-80H,12-22H2,1-10H3/t23-,24-,26+,27-,29-,30+,31?,32?,33?,34?,35+,36?,37-,38-,39-,40-,41+,42+,43?,44-,45+,46?,47-,48+,49+,50+,51?,53?,56+,57-,58-,59?,60+,61-/m1/s1. The van der Waals surface area contributed by atoms with Gasteiger partial charge in [-0.2, -0.15) is 0 Å². The normalized spacial score (nSPS) is 55.0. The molecular formula is C61H98O29. The summed E-state index contributed by atoms with van der Waals surface area (Å²) in [7, 11) is 0. The maximum absolute atomic E-state index is 14.9. The summed E-state index contributed by atoms with van der Waals surface area (Å²) in [6, 6.07) is 0. The minimum absolute atomic E-state index is 0.0268. The molecule has 10 unspecified atom stereocenters. The van der Waals surface area contributed by atoms with Crippen molar-refractivity contribution in [3.8, 4) is 0 Å². The van der Waals surface area contributed by atoms with Crippen LogP contribution >= 0.6 is 0 Å². The Morgan fingerprint density at radius 3 is 1.92 bits per heavy atom. The smallest absolute Gasteiger partial charge is 0.357 e. The first-order valence-electron chi connectivity index (χ1n) is 31.7. The first-order valence-corrected chi connectivity index (χ1v) is 31.7. The van der Waals surface area contributed by atoms with Gasteiger partial charge >= 0.3 is 23.9 Å². The Bertz CT molecular complexity index is 2630. The summed E-state index contributed by atoms with van der Waals surface area (Å²) in [5, 5.41) is 190. The second-order valence-corrected chi connectivity index (χ2v) is 29.9. The predicted molar refractivity (Wildman–Crippen MR) is 300 cm³/mol. The van der Waals surface area contributed by atoms with Crippen LogP contribution in [0.25, 0.3) is 0 Å². The second-order valence-electron chi connectivity index (χ2n) is 29.9. The van der Waals surface area contributed by atoms with Gasteiger partial charge in [0, 0.05) is 12.8 Å². The molecule has 29 nitrogen and oxygen atoms in total. The van der Waals surface area contributed by atoms with E-state index < -0.39 is 229 Å². The van der Waals surface area contributed by atoms with Crippen LogP contribution in [-0.2, 0) is 57.0 Å². The third-order valence-electron chi connectivity index (χ3n) is 23.6. The number of esters is 2. The van der Waals surface area contributed by atoms with E-state index in [1.807, 2.05) is 13.8 Å². The van der Waals surface area contributed by atoms with E-state index in [0.717, 1.165) is 12.5 Å². The number of allylic oxidation sites excluding steroid dienone is 2. The third-order valence-corrected chi connectivity index (χ3v) is 23.6. The van der Waals surface area contributed by atoms with Crippen molar-refractivity contribution in [3.63, 3.8) is 0 Å². The molecule has 5 heterocycles. The summed E-state index contributed by atoms with van der Waals surface area (Å²) in [5.41, 5.74) is -1.69. The molecule has 0 radical (unpaired) electrons. The minimum Gasteiger partial charge on any atom is -0.463 e. The maximum atomic E-state index is 14.9. The molecule has 9 fully saturated rings. The highest BCUT2D eigenvalue weighted by molar-refractivity contribution is 5.74. The molecule has 5 aliphatic carbocycles. The Morgan fingerprint density at radius 2 is 1.26 bits per heavy atom. The van der Waals surface area contributed by atoms with E-state index in [1.165, 1.54) is 13.8 Å². The quantitative estimate of drug-likeness (QED) is 0.0382. The molecule has 17 N–H and O–H groups in total. The molecule has 4 saturated carbocycles. The lowest BCUT2D eigenvalue weighted by Crippen LogP contribution is -2.75. The molecule has 90 heavy (non-hydrogen) atoms. The SMILES string of the molecule is CC(=O)OCC1O[C@@](O)(OCC2O[C@@](O)(OC(=O)[C@@H]3CC(C)(C)C[C@H]4C5=CCC6[C@@]7(C)CC[C@H](OC8(C9OC[C@H](O)[C@@H](O)[C@H]9O)O[C@H](C)[C@@H](O)[C@H](O)[C@@H]8O)C(C)(C)C7CC[C@@]6(C)[C@]5(C)C[C@@H](O)C34)[C@@H](O)C(O)[C@@H]2O)[C@@H](O)C(O)[C@@H]1OC1O[C@H](C)[C@@H](O)[C@H](O)[C@@H]1O. The summed E-state index contributed by atoms with van der Waals surface area (Å²) in [4.78, 5) is 26.8. The summed E-state index contributed by atoms with van der Waals surface area (Å²) in [5.74, 6) is -13.4. The van der Waals surface area contributed by atoms with Gasteiger partial charge in [-0.1, -0.05) is 60.1 Å². The molecule has 5 aliphatic heterocycles. The van der Waals surface area contributed by atoms with Crippen molar-refractivity contribution in [2.75, 3.05) is 19.8 Å². The second kappa shape index (κ2) is 24.6. The number of hydrogen-bond acceptors (Lipinski definition) is 29. The molecule has 10 rings (SSSR count). The topological polar surface area (TPSA) is 470 Å². The zero-order valence-electron chi connectivity index (χ0n) is 52.5. The molecule has 29 heteroatoms. The molecule has 10 aliphatic rings. The first-order chi connectivity index (χ1) is 41.6. The largest absolute Gasteiger partial charge is 0.463 e. The van der Waals surface area contributed by atoms with Gasteiger partial charge in [0.25, 0.3) is 0 Å². The van der Waals surface area contributed by atoms with E-state index in [0.29, 0.717) is 38.5 Å². The molecule has 0 aromatic rings. The lowest BCUT2D eigenvalue weighted by Gasteiger charge is -2.71. The Labute approximate surface area is 521 Å². The number of fused-ring (bicyclic) bond motifs is 7. The van der Waals surface area contributed by atoms with Crippen molar-refractivity contribution in [1.82, 2.24) is 0 Å². The fourth-order valence-corrected chi connectivity index (χ4v) is 18.5. The average molecular weight is 1300 g/mol. The summed E-state index contributed by atoms with van der Waals surface area (Å²) in [6.07, 6.45) is -34.2. The fraction of sp³-hybridized carbons (Fsp3) is 0.934. The van der Waals surface area contributed by atoms with Crippen molar-refractivity contribution in [1.29, 1.82) is 0 Å². The van der Waals surface area contributed by atoms with Crippen LogP contribution in [0.4, 0.5) is 0 Å². The number of carbonyl (C=O) groups excluding carboxylic acids is 2. The van der Waals surface area contributed by atoms with Gasteiger partial charge in [0.1, 0.15) is 104 Å². The van der Waals surface area contributed by atoms with Gasteiger partial charge in [-0.05, 0) is 110 Å². The molecule has 0 aromatic carbocycles. The molecule has 0 bridgehead atoms. The van der Waals surface area contributed by atoms with Crippen molar-refractivity contribution >= 4 is 11.9 Å². The first kappa shape index (κ1) is 70.5. The highest BCUT2D eigenvalue weighted by Gasteiger charge is 2.72. The van der Waals surface area contributed by atoms with Crippen LogP contribution in [0.5, 0.6) is 0 Å². The van der Waals surface area contributed by atoms with E-state index >= 15 is 0 Å². The van der Waals surface area contributed by atoms with Gasteiger partial charge in [-0.15, -0.1) is 0 Å². The summed E-state index contributed by atoms with van der Waals surface area (Å²) in [6.45, 7) is 16.3. The van der Waals surface area contributed by atoms with E-state index in [2.05, 4.69) is 40.7 Å². The van der Waals surface area contributed by atoms with Crippen molar-refractivity contribution < 1.29 is 144 Å². The molecule has 0 spiro atoms. The van der Waals surface area contributed by atoms with Crippen LogP contribution < -0.4 is 0 Å². The lowest BCUT2D eigenvalue weighted by molar-refractivity contribution is -0.473. The fourth-order valence-electron chi connectivity index (χ4n) is 18.5. The molecule has 34 atom stereocenters. The van der Waals surface area contributed by atoms with Gasteiger partial charge in [0.05, 0.1) is 43.5 Å². The maximum Gasteiger partial charge on any atom is 0.357 e. The van der Waals surface area contributed by atoms with Gasteiger partial charge < -0.3 is 134 Å². The predicted octanol–water partition coefficient (Wildman–Crippen LogP) is -4.09. The van der Waals surface area contributed by atoms with Gasteiger partial charge in [0.15, 0.2) is 18.5 Å². The molecule has 5 saturated heterocycles. The minimum atomic E-state index is -3.43. The van der Waals surface area contributed by atoms with E-state index in [4.69, 9.17) is 47.4 Å². The van der Waals surface area contributed by atoms with Crippen LogP contribution in [0.2, 0.25) is 0 Å². The molecule has 516 valence electrons. The number of rotatable bonds is 12. The number of aliphatic hydroxyl groups excluding tert-OH is 15. The monoisotopic (exact) mass is 1290 g/mol. The van der Waals surface area contributed by atoms with Crippen molar-refractivity contribution in [2.45, 2.75) is 279 Å². The average Bonchev–Trinajstić information content (AvgIpc) is 0.679. The zero-order chi connectivity index (χ0) is 66.5. The molecule has 0 amide bonds. The van der Waals surface area contributed by atoms with Gasteiger partial charge in [-0.3, -0.25) is 9.59 Å². The van der Waals surface area contributed by atoms with Crippen LogP contribution in [0.15, 0.2) is 11.6 Å². The van der Waals surface area contributed by atoms with Crippen LogP contribution in [0.1, 0.15) is 121 Å². The number of ether oxygens (including phenoxy) is 10. The van der Waals surface area contributed by atoms with Crippen molar-refractivity contribution in [3.05, 3.63) is 11.6 Å². The number of hydrogen-bond donors (Lipinski definition) is 17. The van der Waals surface area contributed by atoms with Crippen molar-refractivity contribution in [2.24, 2.45) is 56.7 Å². The highest BCUT2D eigenvalue weighted by atomic mass is 16.9. The number of aliphatic hydroxyl groups is 17. The van der Waals surface area contributed by atoms with Gasteiger partial charge in [-0.25, -0.2) is 0 Å². The summed E-state index contributed by atoms with van der Waals surface area (Å²) >= 11 is 0. The molecular weight excluding hydrogens is 1200 g/mol. The van der Waals surface area contributed by atoms with E-state index in [1.54, 1.807) is 0 Å². The van der Waals surface area contributed by atoms with E-state index in [9.17, 15) is 96.4 Å². The van der Waals surface area contributed by atoms with Crippen LogP contribution in [-0.4, -0.2) is 277 Å². The van der Waals surface area contributed by atoms with E-state index in [-0.39, 0.29) is 30.1 Å². The number of carbonyl (C=O) groups is 2. The van der Waals surface area contributed by atoms with Crippen LogP contribution in [0, 0.1) is 56.7 Å². The zero-order valence-corrected chi connectivity index (χ0v) is 52.5. The lowest BCUT2D eigenvalue weighted by atomic mass is 9.34. The Morgan fingerprint density at radius 1 is 0.622 bits per heavy atom. The van der Waals surface area contributed by atoms with Crippen LogP contribution in [0.3, 0.4) is 0 Å². The Hall–Kier alpha value is -2.32. The Balaban J connectivity index is 0.856. The van der Waals surface area contributed by atoms with Gasteiger partial charge in [0.2, 0.25) is 5.79 Å². The third kappa shape index (κ3) is 11.4. The Kier molecular flexibility index (Phi) is 19.3. The summed E-state index contributed by atoms with van der Waals surface area (Å²) < 4.78 is 57.7.